The van der Waals surface area contributed by atoms with Gasteiger partial charge in [0.25, 0.3) is 0 Å². The smallest absolute Gasteiger partial charge is 0.249 e. The first-order valence-corrected chi connectivity index (χ1v) is 9.41. The van der Waals surface area contributed by atoms with Crippen LogP contribution in [0.2, 0.25) is 0 Å². The van der Waals surface area contributed by atoms with Crippen molar-refractivity contribution in [3.8, 4) is 0 Å². The second-order valence-electron chi connectivity index (χ2n) is 6.21. The Labute approximate surface area is 162 Å². The molecule has 0 aliphatic carbocycles. The summed E-state index contributed by atoms with van der Waals surface area (Å²) >= 11 is 0.322. The Morgan fingerprint density at radius 3 is 1.96 bits per heavy atom. The fourth-order valence-electron chi connectivity index (χ4n) is 2.86. The van der Waals surface area contributed by atoms with Crippen LogP contribution < -0.4 is 15.6 Å². The maximum atomic E-state index is 10.3. The molecule has 1 aliphatic rings. The van der Waals surface area contributed by atoms with E-state index in [9.17, 15) is 4.21 Å². The molecular formula is C22H21N3OS. The average molecular weight is 375 g/mol. The van der Waals surface area contributed by atoms with Crippen molar-refractivity contribution in [3.05, 3.63) is 101 Å². The molecule has 0 aromatic heterocycles. The molecule has 4 nitrogen and oxygen atoms in total. The van der Waals surface area contributed by atoms with Gasteiger partial charge in [0, 0.05) is 19.3 Å². The van der Waals surface area contributed by atoms with E-state index in [1.807, 2.05) is 24.3 Å². The van der Waals surface area contributed by atoms with Crippen LogP contribution in [0.5, 0.6) is 0 Å². The van der Waals surface area contributed by atoms with Crippen LogP contribution in [-0.2, 0) is 17.8 Å². The van der Waals surface area contributed by atoms with Crippen molar-refractivity contribution >= 4 is 22.1 Å². The second kappa shape index (κ2) is 9.05. The summed E-state index contributed by atoms with van der Waals surface area (Å²) in [5.74, 6) is 0. The van der Waals surface area contributed by atoms with Gasteiger partial charge in [0.05, 0.1) is 10.7 Å². The Hall–Kier alpha value is -3.05. The molecule has 5 heteroatoms. The highest BCUT2D eigenvalue weighted by molar-refractivity contribution is 7.66. The van der Waals surface area contributed by atoms with Crippen molar-refractivity contribution in [3.63, 3.8) is 0 Å². The minimum atomic E-state index is 0.297. The molecule has 1 aliphatic heterocycles. The van der Waals surface area contributed by atoms with E-state index >= 15 is 0 Å². The maximum Gasteiger partial charge on any atom is 0.249 e. The van der Waals surface area contributed by atoms with E-state index in [2.05, 4.69) is 83.5 Å². The molecule has 0 atom stereocenters. The summed E-state index contributed by atoms with van der Waals surface area (Å²) in [6.07, 6.45) is 0. The molecular weight excluding hydrogens is 354 g/mol. The molecule has 3 aromatic rings. The summed E-state index contributed by atoms with van der Waals surface area (Å²) in [4.78, 5) is 10.2. The third-order valence-electron chi connectivity index (χ3n) is 4.18. The van der Waals surface area contributed by atoms with Crippen molar-refractivity contribution in [2.45, 2.75) is 13.5 Å². The highest BCUT2D eigenvalue weighted by Gasteiger charge is 2.03. The first kappa shape index (κ1) is 18.7. The lowest BCUT2D eigenvalue weighted by Crippen LogP contribution is -2.19. The van der Waals surface area contributed by atoms with Crippen molar-refractivity contribution in [1.29, 1.82) is 0 Å². The van der Waals surface area contributed by atoms with Gasteiger partial charge in [-0.25, -0.2) is 14.2 Å². The SMILES string of the molecule is Cc1ccccc1N(C)Cc1ccccc1.O=S=C1N=c2ccccc2=N1. The van der Waals surface area contributed by atoms with Gasteiger partial charge in [-0.05, 0) is 36.2 Å². The number of para-hydroxylation sites is 3. The molecule has 0 spiro atoms. The van der Waals surface area contributed by atoms with E-state index < -0.39 is 0 Å². The molecule has 0 amide bonds. The topological polar surface area (TPSA) is 45.0 Å². The molecule has 0 saturated carbocycles. The van der Waals surface area contributed by atoms with E-state index in [4.69, 9.17) is 0 Å². The average Bonchev–Trinajstić information content (AvgIpc) is 3.13. The summed E-state index contributed by atoms with van der Waals surface area (Å²) in [6, 6.07) is 26.4. The van der Waals surface area contributed by atoms with Crippen LogP contribution in [-0.4, -0.2) is 16.4 Å². The number of rotatable bonds is 3. The van der Waals surface area contributed by atoms with E-state index in [-0.39, 0.29) is 0 Å². The van der Waals surface area contributed by atoms with Gasteiger partial charge in [0.15, 0.2) is 0 Å². The fraction of sp³-hybridized carbons (Fsp3) is 0.136. The lowest BCUT2D eigenvalue weighted by atomic mass is 10.1. The third-order valence-corrected chi connectivity index (χ3v) is 4.51. The van der Waals surface area contributed by atoms with Crippen molar-refractivity contribution in [2.24, 2.45) is 9.98 Å². The molecule has 0 unspecified atom stereocenters. The minimum Gasteiger partial charge on any atom is -0.370 e. The Morgan fingerprint density at radius 2 is 1.37 bits per heavy atom. The van der Waals surface area contributed by atoms with E-state index in [1.54, 1.807) is 0 Å². The van der Waals surface area contributed by atoms with E-state index in [0.29, 0.717) is 16.4 Å². The van der Waals surface area contributed by atoms with Gasteiger partial charge in [0.1, 0.15) is 11.3 Å². The summed E-state index contributed by atoms with van der Waals surface area (Å²) in [5.41, 5.74) is 3.96. The van der Waals surface area contributed by atoms with Crippen molar-refractivity contribution in [1.82, 2.24) is 0 Å². The Kier molecular flexibility index (Phi) is 6.28. The summed E-state index contributed by atoms with van der Waals surface area (Å²) in [7, 11) is 2.13. The normalized spacial score (nSPS) is 11.4. The summed E-state index contributed by atoms with van der Waals surface area (Å²) < 4.78 is 10.3. The molecule has 4 rings (SSSR count). The first-order chi connectivity index (χ1) is 13.2. The van der Waals surface area contributed by atoms with E-state index in [0.717, 1.165) is 17.3 Å². The van der Waals surface area contributed by atoms with Crippen LogP contribution in [0, 0.1) is 6.92 Å². The van der Waals surface area contributed by atoms with Crippen molar-refractivity contribution in [2.75, 3.05) is 11.9 Å². The van der Waals surface area contributed by atoms with Gasteiger partial charge in [-0.3, -0.25) is 0 Å². The van der Waals surface area contributed by atoms with Gasteiger partial charge in [0.2, 0.25) is 5.11 Å². The van der Waals surface area contributed by atoms with E-state index in [1.165, 1.54) is 16.8 Å². The quantitative estimate of drug-likeness (QED) is 0.661. The summed E-state index contributed by atoms with van der Waals surface area (Å²) in [5, 5.41) is 1.86. The fourth-order valence-corrected chi connectivity index (χ4v) is 3.13. The number of nitrogens with zero attached hydrogens (tertiary/aromatic N) is 3. The number of benzene rings is 3. The van der Waals surface area contributed by atoms with Crippen LogP contribution >= 0.6 is 0 Å². The molecule has 0 bridgehead atoms. The molecule has 0 fully saturated rings. The lowest BCUT2D eigenvalue weighted by molar-refractivity contribution is 0.700. The van der Waals surface area contributed by atoms with Crippen LogP contribution in [0.25, 0.3) is 0 Å². The summed E-state index contributed by atoms with van der Waals surface area (Å²) in [6.45, 7) is 3.10. The Morgan fingerprint density at radius 1 is 0.815 bits per heavy atom. The number of aryl methyl sites for hydroxylation is 1. The largest absolute Gasteiger partial charge is 0.370 e. The predicted octanol–water partition coefficient (Wildman–Crippen LogP) is 2.87. The molecule has 27 heavy (non-hydrogen) atoms. The second-order valence-corrected chi connectivity index (χ2v) is 6.74. The highest BCUT2D eigenvalue weighted by Crippen LogP contribution is 2.19. The van der Waals surface area contributed by atoms with Crippen LogP contribution in [0.4, 0.5) is 5.69 Å². The zero-order chi connectivity index (χ0) is 19.1. The first-order valence-electron chi connectivity index (χ1n) is 8.67. The number of anilines is 1. The zero-order valence-corrected chi connectivity index (χ0v) is 16.2. The molecule has 0 N–H and O–H groups in total. The van der Waals surface area contributed by atoms with Gasteiger partial charge in [-0.15, -0.1) is 0 Å². The Balaban J connectivity index is 0.000000166. The van der Waals surface area contributed by atoms with Crippen LogP contribution in [0.3, 0.4) is 0 Å². The van der Waals surface area contributed by atoms with Crippen LogP contribution in [0.1, 0.15) is 11.1 Å². The zero-order valence-electron chi connectivity index (χ0n) is 15.4. The van der Waals surface area contributed by atoms with Crippen LogP contribution in [0.15, 0.2) is 88.8 Å². The lowest BCUT2D eigenvalue weighted by Gasteiger charge is -2.21. The monoisotopic (exact) mass is 375 g/mol. The van der Waals surface area contributed by atoms with Gasteiger partial charge < -0.3 is 4.90 Å². The molecule has 136 valence electrons. The maximum absolute atomic E-state index is 10.3. The predicted molar refractivity (Wildman–Crippen MR) is 112 cm³/mol. The molecule has 3 aromatic carbocycles. The molecule has 0 radical (unpaired) electrons. The number of hydrogen-bond donors (Lipinski definition) is 0. The van der Waals surface area contributed by atoms with Gasteiger partial charge in [-0.2, -0.15) is 0 Å². The Bertz CT molecular complexity index is 1050. The minimum absolute atomic E-state index is 0.297. The highest BCUT2D eigenvalue weighted by atomic mass is 32.1. The molecule has 0 saturated heterocycles. The molecule has 1 heterocycles. The third kappa shape index (κ3) is 4.99. The van der Waals surface area contributed by atoms with Gasteiger partial charge >= 0.3 is 0 Å². The van der Waals surface area contributed by atoms with Gasteiger partial charge in [-0.1, -0.05) is 60.7 Å². The standard InChI is InChI=1S/C15H17N.C7H4N2OS/c1-13-8-6-7-11-15(13)16(2)12-14-9-4-3-5-10-14;10-11-7-8-5-3-1-2-4-6(5)9-7/h3-11H,12H2,1-2H3;1-4H. The van der Waals surface area contributed by atoms with Crippen molar-refractivity contribution < 1.29 is 4.21 Å². The number of fused-ring (bicyclic) bond motifs is 1. The number of hydrogen-bond acceptors (Lipinski definition) is 2.